The topological polar surface area (TPSA) is 67.2 Å². The molecule has 8 heteroatoms. The van der Waals surface area contributed by atoms with Gasteiger partial charge in [0, 0.05) is 43.2 Å². The van der Waals surface area contributed by atoms with E-state index in [4.69, 9.17) is 0 Å². The summed E-state index contributed by atoms with van der Waals surface area (Å²) in [7, 11) is 0. The number of hydrogen-bond acceptors (Lipinski definition) is 6. The molecule has 1 amide bonds. The monoisotopic (exact) mass is 410 g/mol. The molecular formula is C21H26N6OS. The van der Waals surface area contributed by atoms with Crippen LogP contribution in [0.3, 0.4) is 0 Å². The summed E-state index contributed by atoms with van der Waals surface area (Å²) in [6, 6.07) is 8.06. The lowest BCUT2D eigenvalue weighted by atomic mass is 10.2. The third-order valence-electron chi connectivity index (χ3n) is 5.35. The first-order chi connectivity index (χ1) is 14.0. The molecule has 0 atom stereocenters. The second kappa shape index (κ2) is 8.32. The molecule has 0 radical (unpaired) electrons. The van der Waals surface area contributed by atoms with Crippen LogP contribution in [-0.4, -0.2) is 57.0 Å². The molecule has 0 bridgehead atoms. The lowest BCUT2D eigenvalue weighted by molar-refractivity contribution is -0.131. The molecule has 7 nitrogen and oxygen atoms in total. The van der Waals surface area contributed by atoms with E-state index < -0.39 is 0 Å². The van der Waals surface area contributed by atoms with Gasteiger partial charge in [-0.2, -0.15) is 5.10 Å². The molecule has 0 N–H and O–H groups in total. The van der Waals surface area contributed by atoms with E-state index in [1.165, 1.54) is 10.4 Å². The fourth-order valence-electron chi connectivity index (χ4n) is 3.68. The second-order valence-corrected chi connectivity index (χ2v) is 8.48. The van der Waals surface area contributed by atoms with E-state index in [1.54, 1.807) is 16.0 Å². The summed E-state index contributed by atoms with van der Waals surface area (Å²) >= 11 is 1.74. The number of carbonyl (C=O) groups excluding carboxylic acids is 1. The van der Waals surface area contributed by atoms with Crippen LogP contribution in [0.4, 0.5) is 5.82 Å². The maximum absolute atomic E-state index is 12.6. The Balaban J connectivity index is 1.31. The SMILES string of the molecule is Cc1cc(C)n(-c2ccc(N3CCN(C(=O)CCc4sccc4C)CC3)nn2)n1. The molecule has 29 heavy (non-hydrogen) atoms. The first-order valence-electron chi connectivity index (χ1n) is 9.94. The number of hydrogen-bond donors (Lipinski definition) is 0. The third-order valence-corrected chi connectivity index (χ3v) is 6.44. The van der Waals surface area contributed by atoms with Gasteiger partial charge < -0.3 is 9.80 Å². The van der Waals surface area contributed by atoms with Crippen LogP contribution >= 0.6 is 11.3 Å². The van der Waals surface area contributed by atoms with E-state index >= 15 is 0 Å². The molecule has 0 saturated carbocycles. The van der Waals surface area contributed by atoms with Gasteiger partial charge in [-0.25, -0.2) is 4.68 Å². The Morgan fingerprint density at radius 3 is 2.34 bits per heavy atom. The summed E-state index contributed by atoms with van der Waals surface area (Å²) in [4.78, 5) is 18.0. The molecule has 0 aliphatic carbocycles. The third kappa shape index (κ3) is 4.32. The average molecular weight is 411 g/mol. The van der Waals surface area contributed by atoms with Crippen LogP contribution in [0.5, 0.6) is 0 Å². The standard InChI is InChI=1S/C21H26N6OS/c1-15-8-13-29-18(15)4-7-21(28)26-11-9-25(10-12-26)19-5-6-20(23-22-19)27-17(3)14-16(2)24-27/h5-6,8,13-14H,4,7,9-12H2,1-3H3. The molecule has 1 fully saturated rings. The number of piperazine rings is 1. The number of amides is 1. The molecule has 0 aromatic carbocycles. The quantitative estimate of drug-likeness (QED) is 0.647. The van der Waals surface area contributed by atoms with Crippen LogP contribution in [0.1, 0.15) is 28.2 Å². The molecule has 1 saturated heterocycles. The van der Waals surface area contributed by atoms with E-state index in [-0.39, 0.29) is 5.91 Å². The second-order valence-electron chi connectivity index (χ2n) is 7.48. The lowest BCUT2D eigenvalue weighted by Crippen LogP contribution is -2.49. The molecule has 3 aromatic heterocycles. The Labute approximate surface area is 175 Å². The van der Waals surface area contributed by atoms with Crippen molar-refractivity contribution in [2.24, 2.45) is 0 Å². The van der Waals surface area contributed by atoms with Crippen LogP contribution in [-0.2, 0) is 11.2 Å². The largest absolute Gasteiger partial charge is 0.352 e. The molecular weight excluding hydrogens is 384 g/mol. The smallest absolute Gasteiger partial charge is 0.223 e. The van der Waals surface area contributed by atoms with E-state index in [0.29, 0.717) is 6.42 Å². The van der Waals surface area contributed by atoms with Crippen molar-refractivity contribution in [1.82, 2.24) is 24.9 Å². The highest BCUT2D eigenvalue weighted by Crippen LogP contribution is 2.19. The Morgan fingerprint density at radius 1 is 1.03 bits per heavy atom. The predicted molar refractivity (Wildman–Crippen MR) is 115 cm³/mol. The number of aryl methyl sites for hydroxylation is 4. The van der Waals surface area contributed by atoms with Crippen molar-refractivity contribution in [2.75, 3.05) is 31.1 Å². The number of rotatable bonds is 5. The summed E-state index contributed by atoms with van der Waals surface area (Å²) in [5, 5.41) is 15.3. The van der Waals surface area contributed by atoms with Crippen molar-refractivity contribution in [3.8, 4) is 5.82 Å². The van der Waals surface area contributed by atoms with Gasteiger partial charge in [0.25, 0.3) is 0 Å². The van der Waals surface area contributed by atoms with Gasteiger partial charge in [-0.3, -0.25) is 4.79 Å². The summed E-state index contributed by atoms with van der Waals surface area (Å²) < 4.78 is 1.80. The van der Waals surface area contributed by atoms with Gasteiger partial charge in [0.2, 0.25) is 5.91 Å². The molecule has 1 aliphatic heterocycles. The first kappa shape index (κ1) is 19.6. The van der Waals surface area contributed by atoms with Crippen LogP contribution in [0.15, 0.2) is 29.6 Å². The van der Waals surface area contributed by atoms with Gasteiger partial charge >= 0.3 is 0 Å². The summed E-state index contributed by atoms with van der Waals surface area (Å²) in [6.07, 6.45) is 1.42. The number of aromatic nitrogens is 4. The van der Waals surface area contributed by atoms with Gasteiger partial charge in [0.15, 0.2) is 11.6 Å². The van der Waals surface area contributed by atoms with Crippen molar-refractivity contribution in [3.63, 3.8) is 0 Å². The Hall–Kier alpha value is -2.74. The van der Waals surface area contributed by atoms with Crippen molar-refractivity contribution >= 4 is 23.1 Å². The number of thiophene rings is 1. The summed E-state index contributed by atoms with van der Waals surface area (Å²) in [6.45, 7) is 9.08. The van der Waals surface area contributed by atoms with E-state index in [1.807, 2.05) is 36.9 Å². The number of carbonyl (C=O) groups is 1. The summed E-state index contributed by atoms with van der Waals surface area (Å²) in [5.41, 5.74) is 3.29. The number of nitrogens with zero attached hydrogens (tertiary/aromatic N) is 6. The molecule has 0 spiro atoms. The Morgan fingerprint density at radius 2 is 1.76 bits per heavy atom. The lowest BCUT2D eigenvalue weighted by Gasteiger charge is -2.35. The minimum atomic E-state index is 0.239. The maximum atomic E-state index is 12.6. The first-order valence-corrected chi connectivity index (χ1v) is 10.8. The number of anilines is 1. The van der Waals surface area contributed by atoms with Crippen LogP contribution in [0.25, 0.3) is 5.82 Å². The minimum absolute atomic E-state index is 0.239. The maximum Gasteiger partial charge on any atom is 0.223 e. The Bertz CT molecular complexity index is 985. The van der Waals surface area contributed by atoms with Gasteiger partial charge in [0.05, 0.1) is 5.69 Å². The zero-order valence-corrected chi connectivity index (χ0v) is 17.9. The summed E-state index contributed by atoms with van der Waals surface area (Å²) in [5.74, 6) is 1.80. The molecule has 3 aromatic rings. The highest BCUT2D eigenvalue weighted by atomic mass is 32.1. The average Bonchev–Trinajstić information content (AvgIpc) is 3.30. The molecule has 4 heterocycles. The van der Waals surface area contributed by atoms with Crippen molar-refractivity contribution < 1.29 is 4.79 Å². The van der Waals surface area contributed by atoms with E-state index in [0.717, 1.165) is 55.6 Å². The van der Waals surface area contributed by atoms with Gasteiger partial charge in [0.1, 0.15) is 0 Å². The van der Waals surface area contributed by atoms with Crippen LogP contribution in [0, 0.1) is 20.8 Å². The van der Waals surface area contributed by atoms with E-state index in [9.17, 15) is 4.79 Å². The minimum Gasteiger partial charge on any atom is -0.352 e. The fourth-order valence-corrected chi connectivity index (χ4v) is 4.59. The van der Waals surface area contributed by atoms with Crippen molar-refractivity contribution in [3.05, 3.63) is 51.5 Å². The van der Waals surface area contributed by atoms with Gasteiger partial charge in [-0.1, -0.05) is 0 Å². The highest BCUT2D eigenvalue weighted by molar-refractivity contribution is 7.10. The highest BCUT2D eigenvalue weighted by Gasteiger charge is 2.22. The molecule has 1 aliphatic rings. The zero-order chi connectivity index (χ0) is 20.4. The van der Waals surface area contributed by atoms with Crippen molar-refractivity contribution in [1.29, 1.82) is 0 Å². The van der Waals surface area contributed by atoms with Gasteiger partial charge in [-0.15, -0.1) is 21.5 Å². The van der Waals surface area contributed by atoms with Crippen LogP contribution in [0.2, 0.25) is 0 Å². The molecule has 152 valence electrons. The normalized spacial score (nSPS) is 14.4. The fraction of sp³-hybridized carbons (Fsp3) is 0.429. The molecule has 0 unspecified atom stereocenters. The van der Waals surface area contributed by atoms with Crippen LogP contribution < -0.4 is 4.90 Å². The van der Waals surface area contributed by atoms with E-state index in [2.05, 4.69) is 38.6 Å². The zero-order valence-electron chi connectivity index (χ0n) is 17.1. The predicted octanol–water partition coefficient (Wildman–Crippen LogP) is 2.93. The van der Waals surface area contributed by atoms with Crippen molar-refractivity contribution in [2.45, 2.75) is 33.6 Å². The van der Waals surface area contributed by atoms with Gasteiger partial charge in [-0.05, 0) is 62.4 Å². The Kier molecular flexibility index (Phi) is 5.62. The molecule has 4 rings (SSSR count).